The molecular weight excluding hydrogens is 428 g/mol. The van der Waals surface area contributed by atoms with Crippen LogP contribution in [0.15, 0.2) is 42.5 Å². The van der Waals surface area contributed by atoms with Crippen molar-refractivity contribution in [3.8, 4) is 5.75 Å². The van der Waals surface area contributed by atoms with Crippen molar-refractivity contribution >= 4 is 17.5 Å². The van der Waals surface area contributed by atoms with Gasteiger partial charge in [-0.2, -0.15) is 0 Å². The maximum Gasteiger partial charge on any atom is 0.227 e. The lowest BCUT2D eigenvalue weighted by Crippen LogP contribution is -2.42. The second-order valence-corrected chi connectivity index (χ2v) is 8.63. The molecule has 0 bridgehead atoms. The zero-order valence-electron chi connectivity index (χ0n) is 18.7. The first-order valence-corrected chi connectivity index (χ1v) is 11.4. The first-order valence-electron chi connectivity index (χ1n) is 11.4. The Balaban J connectivity index is 1.43. The number of piperidine rings is 1. The van der Waals surface area contributed by atoms with E-state index in [1.807, 2.05) is 24.3 Å². The first-order chi connectivity index (χ1) is 16.0. The Morgan fingerprint density at radius 3 is 2.52 bits per heavy atom. The molecule has 2 unspecified atom stereocenters. The quantitative estimate of drug-likeness (QED) is 0.689. The van der Waals surface area contributed by atoms with Gasteiger partial charge in [-0.3, -0.25) is 14.5 Å². The molecule has 0 aromatic heterocycles. The van der Waals surface area contributed by atoms with Crippen molar-refractivity contribution in [3.05, 3.63) is 59.7 Å². The molecule has 8 heteroatoms. The number of carbonyl (C=O) groups excluding carboxylic acids is 2. The summed E-state index contributed by atoms with van der Waals surface area (Å²) < 4.78 is 32.7. The summed E-state index contributed by atoms with van der Waals surface area (Å²) in [7, 11) is 1.63. The van der Waals surface area contributed by atoms with E-state index in [4.69, 9.17) is 4.74 Å². The van der Waals surface area contributed by atoms with E-state index in [1.165, 1.54) is 17.4 Å². The number of hydrogen-bond acceptors (Lipinski definition) is 4. The number of carbonyl (C=O) groups is 2. The van der Waals surface area contributed by atoms with Crippen LogP contribution in [0, 0.1) is 17.6 Å². The second kappa shape index (κ2) is 10.3. The normalized spacial score (nSPS) is 20.0. The Kier molecular flexibility index (Phi) is 7.23. The molecule has 0 aliphatic carbocycles. The Morgan fingerprint density at radius 2 is 1.85 bits per heavy atom. The minimum absolute atomic E-state index is 0.000430. The lowest BCUT2D eigenvalue weighted by atomic mass is 10.0. The second-order valence-electron chi connectivity index (χ2n) is 8.63. The number of hydrogen-bond donors (Lipinski definition) is 1. The molecule has 2 atom stereocenters. The van der Waals surface area contributed by atoms with Crippen LogP contribution in [0.4, 0.5) is 14.5 Å². The van der Waals surface area contributed by atoms with Crippen LogP contribution in [0.3, 0.4) is 0 Å². The molecule has 176 valence electrons. The summed E-state index contributed by atoms with van der Waals surface area (Å²) >= 11 is 0. The van der Waals surface area contributed by atoms with Crippen molar-refractivity contribution in [3.63, 3.8) is 0 Å². The number of rotatable bonds is 7. The topological polar surface area (TPSA) is 61.9 Å². The van der Waals surface area contributed by atoms with E-state index < -0.39 is 17.6 Å². The smallest absolute Gasteiger partial charge is 0.227 e. The standard InChI is InChI=1S/C25H29F2N3O3/c1-33-20-8-5-17(6-9-20)23(29-11-3-2-4-12-29)15-28-25(32)18-13-24(31)30(16-18)22-10-7-19(26)14-21(22)27/h5-10,14,18,23H,2-4,11-13,15-16H2,1H3,(H,28,32). The van der Waals surface area contributed by atoms with Gasteiger partial charge in [-0.1, -0.05) is 18.6 Å². The molecule has 0 spiro atoms. The summed E-state index contributed by atoms with van der Waals surface area (Å²) in [6.07, 6.45) is 3.45. The van der Waals surface area contributed by atoms with Gasteiger partial charge >= 0.3 is 0 Å². The number of halogens is 2. The third kappa shape index (κ3) is 5.33. The van der Waals surface area contributed by atoms with Gasteiger partial charge in [0.2, 0.25) is 11.8 Å². The van der Waals surface area contributed by atoms with Crippen molar-refractivity contribution in [1.29, 1.82) is 0 Å². The molecule has 6 nitrogen and oxygen atoms in total. The van der Waals surface area contributed by atoms with Crippen molar-refractivity contribution in [2.24, 2.45) is 5.92 Å². The lowest BCUT2D eigenvalue weighted by molar-refractivity contribution is -0.126. The average molecular weight is 458 g/mol. The number of anilines is 1. The molecule has 4 rings (SSSR count). The predicted octanol–water partition coefficient (Wildman–Crippen LogP) is 3.67. The summed E-state index contributed by atoms with van der Waals surface area (Å²) in [6.45, 7) is 2.42. The maximum absolute atomic E-state index is 14.2. The molecule has 2 aromatic carbocycles. The SMILES string of the molecule is COc1ccc(C(CNC(=O)C2CC(=O)N(c3ccc(F)cc3F)C2)N2CCCCC2)cc1. The highest BCUT2D eigenvalue weighted by Gasteiger charge is 2.36. The zero-order valence-corrected chi connectivity index (χ0v) is 18.7. The molecule has 2 amide bonds. The molecule has 2 aliphatic rings. The number of amides is 2. The number of methoxy groups -OCH3 is 1. The molecule has 2 aromatic rings. The maximum atomic E-state index is 14.2. The van der Waals surface area contributed by atoms with E-state index in [0.717, 1.165) is 49.4 Å². The summed E-state index contributed by atoms with van der Waals surface area (Å²) in [5.74, 6) is -1.90. The molecule has 2 fully saturated rings. The van der Waals surface area contributed by atoms with E-state index in [2.05, 4.69) is 10.2 Å². The van der Waals surface area contributed by atoms with Gasteiger partial charge < -0.3 is 15.0 Å². The van der Waals surface area contributed by atoms with Gasteiger partial charge in [0.1, 0.15) is 17.4 Å². The third-order valence-electron chi connectivity index (χ3n) is 6.50. The van der Waals surface area contributed by atoms with Gasteiger partial charge in [0.25, 0.3) is 0 Å². The van der Waals surface area contributed by atoms with E-state index in [-0.39, 0.29) is 36.5 Å². The van der Waals surface area contributed by atoms with Gasteiger partial charge in [0.05, 0.1) is 24.8 Å². The molecule has 1 N–H and O–H groups in total. The van der Waals surface area contributed by atoms with Crippen LogP contribution in [-0.2, 0) is 9.59 Å². The molecular formula is C25H29F2N3O3. The van der Waals surface area contributed by atoms with Crippen LogP contribution in [-0.4, -0.2) is 50.0 Å². The zero-order chi connectivity index (χ0) is 23.4. The summed E-state index contributed by atoms with van der Waals surface area (Å²) in [4.78, 5) is 29.0. The van der Waals surface area contributed by atoms with Crippen LogP contribution < -0.4 is 15.0 Å². The minimum Gasteiger partial charge on any atom is -0.497 e. The number of ether oxygens (including phenoxy) is 1. The van der Waals surface area contributed by atoms with Crippen LogP contribution in [0.5, 0.6) is 5.75 Å². The van der Waals surface area contributed by atoms with Gasteiger partial charge in [-0.05, 0) is 55.8 Å². The largest absolute Gasteiger partial charge is 0.497 e. The fraction of sp³-hybridized carbons (Fsp3) is 0.440. The molecule has 33 heavy (non-hydrogen) atoms. The highest BCUT2D eigenvalue weighted by molar-refractivity contribution is 6.00. The third-order valence-corrected chi connectivity index (χ3v) is 6.50. The van der Waals surface area contributed by atoms with Crippen molar-refractivity contribution in [2.45, 2.75) is 31.7 Å². The van der Waals surface area contributed by atoms with Crippen molar-refractivity contribution in [2.75, 3.05) is 38.2 Å². The van der Waals surface area contributed by atoms with Gasteiger partial charge in [-0.25, -0.2) is 8.78 Å². The molecule has 0 radical (unpaired) electrons. The van der Waals surface area contributed by atoms with Crippen LogP contribution in [0.2, 0.25) is 0 Å². The van der Waals surface area contributed by atoms with Crippen LogP contribution in [0.25, 0.3) is 0 Å². The molecule has 2 heterocycles. The van der Waals surface area contributed by atoms with Gasteiger partial charge in [0, 0.05) is 25.6 Å². The van der Waals surface area contributed by atoms with Crippen LogP contribution in [0.1, 0.15) is 37.3 Å². The minimum atomic E-state index is -0.811. The Labute approximate surface area is 192 Å². The van der Waals surface area contributed by atoms with Crippen molar-refractivity contribution < 1.29 is 23.1 Å². The van der Waals surface area contributed by atoms with E-state index in [9.17, 15) is 18.4 Å². The first kappa shape index (κ1) is 23.2. The number of nitrogens with zero attached hydrogens (tertiary/aromatic N) is 2. The molecule has 0 saturated carbocycles. The Morgan fingerprint density at radius 1 is 1.12 bits per heavy atom. The molecule has 2 saturated heterocycles. The number of likely N-dealkylation sites (tertiary alicyclic amines) is 1. The summed E-state index contributed by atoms with van der Waals surface area (Å²) in [5, 5.41) is 3.02. The van der Waals surface area contributed by atoms with Crippen molar-refractivity contribution in [1.82, 2.24) is 10.2 Å². The Bertz CT molecular complexity index is 993. The van der Waals surface area contributed by atoms with Gasteiger partial charge in [-0.15, -0.1) is 0 Å². The summed E-state index contributed by atoms with van der Waals surface area (Å²) in [5.41, 5.74) is 1.09. The highest BCUT2D eigenvalue weighted by Crippen LogP contribution is 2.29. The van der Waals surface area contributed by atoms with Crippen LogP contribution >= 0.6 is 0 Å². The fourth-order valence-corrected chi connectivity index (χ4v) is 4.67. The van der Waals surface area contributed by atoms with E-state index in [1.54, 1.807) is 7.11 Å². The number of benzene rings is 2. The fourth-order valence-electron chi connectivity index (χ4n) is 4.67. The number of nitrogens with one attached hydrogen (secondary N) is 1. The lowest BCUT2D eigenvalue weighted by Gasteiger charge is -2.35. The van der Waals surface area contributed by atoms with Gasteiger partial charge in [0.15, 0.2) is 0 Å². The van der Waals surface area contributed by atoms with E-state index in [0.29, 0.717) is 6.54 Å². The average Bonchev–Trinajstić information content (AvgIpc) is 3.21. The summed E-state index contributed by atoms with van der Waals surface area (Å²) in [6, 6.07) is 11.0. The Hall–Kier alpha value is -3.00. The monoisotopic (exact) mass is 457 g/mol. The van der Waals surface area contributed by atoms with E-state index >= 15 is 0 Å². The highest BCUT2D eigenvalue weighted by atomic mass is 19.1. The predicted molar refractivity (Wildman–Crippen MR) is 121 cm³/mol. The molecule has 2 aliphatic heterocycles.